The lowest BCUT2D eigenvalue weighted by atomic mass is 10.2. The van der Waals surface area contributed by atoms with Gasteiger partial charge in [0.05, 0.1) is 16.7 Å². The predicted octanol–water partition coefficient (Wildman–Crippen LogP) is 4.89. The number of rotatable bonds is 5. The van der Waals surface area contributed by atoms with Crippen molar-refractivity contribution < 1.29 is 4.92 Å². The van der Waals surface area contributed by atoms with Crippen LogP contribution in [0.25, 0.3) is 11.3 Å². The molecule has 0 saturated carbocycles. The van der Waals surface area contributed by atoms with Crippen molar-refractivity contribution in [2.75, 3.05) is 5.32 Å². The van der Waals surface area contributed by atoms with Gasteiger partial charge >= 0.3 is 0 Å². The van der Waals surface area contributed by atoms with E-state index in [9.17, 15) is 10.1 Å². The van der Waals surface area contributed by atoms with E-state index in [0.717, 1.165) is 16.3 Å². The number of hydrogen-bond acceptors (Lipinski definition) is 5. The third-order valence-electron chi connectivity index (χ3n) is 3.43. The first-order chi connectivity index (χ1) is 11.1. The number of para-hydroxylation sites is 2. The molecule has 0 fully saturated rings. The normalized spacial score (nSPS) is 11.9. The van der Waals surface area contributed by atoms with Gasteiger partial charge in [-0.2, -0.15) is 0 Å². The molecule has 3 rings (SSSR count). The topological polar surface area (TPSA) is 68.1 Å². The predicted molar refractivity (Wildman–Crippen MR) is 92.7 cm³/mol. The zero-order chi connectivity index (χ0) is 16.2. The maximum atomic E-state index is 11.1. The molecule has 116 valence electrons. The van der Waals surface area contributed by atoms with E-state index in [1.807, 2.05) is 42.6 Å². The highest BCUT2D eigenvalue weighted by Gasteiger charge is 2.17. The lowest BCUT2D eigenvalue weighted by Gasteiger charge is -2.12. The Morgan fingerprint density at radius 2 is 1.83 bits per heavy atom. The molecule has 3 aromatic rings. The molecule has 1 N–H and O–H groups in total. The van der Waals surface area contributed by atoms with Crippen LogP contribution in [-0.4, -0.2) is 9.91 Å². The number of aromatic nitrogens is 1. The molecular weight excluding hydrogens is 310 g/mol. The van der Waals surface area contributed by atoms with Crippen LogP contribution >= 0.6 is 11.3 Å². The third-order valence-corrected chi connectivity index (χ3v) is 4.46. The van der Waals surface area contributed by atoms with Crippen LogP contribution in [0, 0.1) is 10.1 Å². The van der Waals surface area contributed by atoms with E-state index < -0.39 is 0 Å². The first kappa shape index (κ1) is 15.2. The fraction of sp³-hybridized carbons (Fsp3) is 0.118. The first-order valence-corrected chi connectivity index (χ1v) is 8.04. The van der Waals surface area contributed by atoms with E-state index in [1.54, 1.807) is 29.5 Å². The van der Waals surface area contributed by atoms with Crippen molar-refractivity contribution in [3.8, 4) is 11.3 Å². The van der Waals surface area contributed by atoms with Crippen molar-refractivity contribution in [1.29, 1.82) is 0 Å². The van der Waals surface area contributed by atoms with Crippen LogP contribution in [0.15, 0.2) is 60.0 Å². The summed E-state index contributed by atoms with van der Waals surface area (Å²) in [7, 11) is 0. The molecule has 6 heteroatoms. The van der Waals surface area contributed by atoms with Gasteiger partial charge < -0.3 is 5.32 Å². The molecule has 1 aromatic heterocycles. The largest absolute Gasteiger partial charge is 0.371 e. The van der Waals surface area contributed by atoms with E-state index in [2.05, 4.69) is 10.3 Å². The standard InChI is InChI=1S/C17H15N3O2S/c1-12(18-14-9-5-6-10-16(14)20(21)22)17-19-15(11-23-17)13-7-3-2-4-8-13/h2-12,18H,1H3/t12-/m0/s1. The molecule has 0 radical (unpaired) electrons. The summed E-state index contributed by atoms with van der Waals surface area (Å²) in [6, 6.07) is 16.5. The van der Waals surface area contributed by atoms with E-state index in [1.165, 1.54) is 6.07 Å². The van der Waals surface area contributed by atoms with Crippen LogP contribution in [0.3, 0.4) is 0 Å². The Labute approximate surface area is 137 Å². The Kier molecular flexibility index (Phi) is 4.34. The van der Waals surface area contributed by atoms with Gasteiger partial charge in [-0.3, -0.25) is 10.1 Å². The molecule has 0 unspecified atom stereocenters. The van der Waals surface area contributed by atoms with Crippen LogP contribution in [-0.2, 0) is 0 Å². The Hall–Kier alpha value is -2.73. The minimum atomic E-state index is -0.383. The quantitative estimate of drug-likeness (QED) is 0.535. The lowest BCUT2D eigenvalue weighted by Crippen LogP contribution is -2.08. The minimum absolute atomic E-state index is 0.0687. The second-order valence-electron chi connectivity index (χ2n) is 5.08. The van der Waals surface area contributed by atoms with Gasteiger partial charge in [-0.15, -0.1) is 11.3 Å². The second-order valence-corrected chi connectivity index (χ2v) is 5.97. The van der Waals surface area contributed by atoms with Gasteiger partial charge in [-0.05, 0) is 13.0 Å². The highest BCUT2D eigenvalue weighted by atomic mass is 32.1. The molecule has 0 bridgehead atoms. The van der Waals surface area contributed by atoms with Gasteiger partial charge in [0.25, 0.3) is 5.69 Å². The van der Waals surface area contributed by atoms with Crippen molar-refractivity contribution in [2.45, 2.75) is 13.0 Å². The number of hydrogen-bond donors (Lipinski definition) is 1. The van der Waals surface area contributed by atoms with Crippen LogP contribution in [0.4, 0.5) is 11.4 Å². The Morgan fingerprint density at radius 3 is 2.57 bits per heavy atom. The molecule has 0 aliphatic heterocycles. The van der Waals surface area contributed by atoms with Gasteiger partial charge in [0, 0.05) is 17.0 Å². The number of benzene rings is 2. The fourth-order valence-corrected chi connectivity index (χ4v) is 3.11. The maximum Gasteiger partial charge on any atom is 0.292 e. The maximum absolute atomic E-state index is 11.1. The Balaban J connectivity index is 1.81. The van der Waals surface area contributed by atoms with Crippen LogP contribution in [0.1, 0.15) is 18.0 Å². The highest BCUT2D eigenvalue weighted by Crippen LogP contribution is 2.30. The SMILES string of the molecule is C[C@H](Nc1ccccc1[N+](=O)[O-])c1nc(-c2ccccc2)cs1. The molecule has 0 aliphatic rings. The monoisotopic (exact) mass is 325 g/mol. The summed E-state index contributed by atoms with van der Waals surface area (Å²) in [5.41, 5.74) is 2.55. The van der Waals surface area contributed by atoms with Gasteiger partial charge in [0.2, 0.25) is 0 Å². The van der Waals surface area contributed by atoms with Crippen molar-refractivity contribution in [2.24, 2.45) is 0 Å². The Morgan fingerprint density at radius 1 is 1.13 bits per heavy atom. The summed E-state index contributed by atoms with van der Waals surface area (Å²) < 4.78 is 0. The minimum Gasteiger partial charge on any atom is -0.371 e. The lowest BCUT2D eigenvalue weighted by molar-refractivity contribution is -0.384. The summed E-state index contributed by atoms with van der Waals surface area (Å²) in [6.45, 7) is 1.95. The summed E-state index contributed by atoms with van der Waals surface area (Å²) in [6.07, 6.45) is 0. The molecular formula is C17H15N3O2S. The number of nitrogens with one attached hydrogen (secondary N) is 1. The van der Waals surface area contributed by atoms with Crippen molar-refractivity contribution in [3.05, 3.63) is 75.1 Å². The van der Waals surface area contributed by atoms with Gasteiger partial charge in [0.15, 0.2) is 0 Å². The zero-order valence-electron chi connectivity index (χ0n) is 12.5. The van der Waals surface area contributed by atoms with Gasteiger partial charge in [0.1, 0.15) is 10.7 Å². The number of nitro groups is 1. The summed E-state index contributed by atoms with van der Waals surface area (Å²) >= 11 is 1.54. The number of thiazole rings is 1. The van der Waals surface area contributed by atoms with Crippen molar-refractivity contribution in [1.82, 2.24) is 4.98 Å². The van der Waals surface area contributed by atoms with E-state index in [0.29, 0.717) is 5.69 Å². The smallest absolute Gasteiger partial charge is 0.292 e. The van der Waals surface area contributed by atoms with E-state index in [-0.39, 0.29) is 16.7 Å². The van der Waals surface area contributed by atoms with Gasteiger partial charge in [-0.1, -0.05) is 42.5 Å². The van der Waals surface area contributed by atoms with Crippen LogP contribution in [0.5, 0.6) is 0 Å². The van der Waals surface area contributed by atoms with Crippen LogP contribution < -0.4 is 5.32 Å². The van der Waals surface area contributed by atoms with Crippen molar-refractivity contribution >= 4 is 22.7 Å². The molecule has 23 heavy (non-hydrogen) atoms. The van der Waals surface area contributed by atoms with E-state index in [4.69, 9.17) is 0 Å². The van der Waals surface area contributed by atoms with Gasteiger partial charge in [-0.25, -0.2) is 4.98 Å². The van der Waals surface area contributed by atoms with E-state index >= 15 is 0 Å². The van der Waals surface area contributed by atoms with Crippen molar-refractivity contribution in [3.63, 3.8) is 0 Å². The average Bonchev–Trinajstić information content (AvgIpc) is 3.06. The number of anilines is 1. The first-order valence-electron chi connectivity index (χ1n) is 7.16. The summed E-state index contributed by atoms with van der Waals surface area (Å²) in [5, 5.41) is 17.2. The number of nitrogens with zero attached hydrogens (tertiary/aromatic N) is 2. The summed E-state index contributed by atoms with van der Waals surface area (Å²) in [5.74, 6) is 0. The molecule has 0 amide bonds. The molecule has 5 nitrogen and oxygen atoms in total. The highest BCUT2D eigenvalue weighted by molar-refractivity contribution is 7.10. The number of nitro benzene ring substituents is 1. The molecule has 0 spiro atoms. The second kappa shape index (κ2) is 6.58. The molecule has 0 saturated heterocycles. The molecule has 1 atom stereocenters. The third kappa shape index (κ3) is 3.37. The summed E-state index contributed by atoms with van der Waals surface area (Å²) in [4.78, 5) is 15.3. The fourth-order valence-electron chi connectivity index (χ4n) is 2.28. The average molecular weight is 325 g/mol. The van der Waals surface area contributed by atoms with Crippen LogP contribution in [0.2, 0.25) is 0 Å². The molecule has 2 aromatic carbocycles. The molecule has 1 heterocycles. The Bertz CT molecular complexity index is 817. The zero-order valence-corrected chi connectivity index (χ0v) is 13.3. The molecule has 0 aliphatic carbocycles.